The van der Waals surface area contributed by atoms with Crippen LogP contribution in [0.2, 0.25) is 0 Å². The molecule has 0 aliphatic rings. The van der Waals surface area contributed by atoms with Crippen molar-refractivity contribution in [3.8, 4) is 0 Å². The third kappa shape index (κ3) is 3.28. The van der Waals surface area contributed by atoms with Crippen molar-refractivity contribution in [2.75, 3.05) is 0 Å². The summed E-state index contributed by atoms with van der Waals surface area (Å²) in [7, 11) is 0. The third-order valence-electron chi connectivity index (χ3n) is 2.53. The Kier molecular flexibility index (Phi) is 4.41. The Morgan fingerprint density at radius 2 is 2.00 bits per heavy atom. The molecule has 100 valence electrons. The van der Waals surface area contributed by atoms with Crippen LogP contribution in [0.3, 0.4) is 0 Å². The fourth-order valence-electron chi connectivity index (χ4n) is 1.94. The number of rotatable bonds is 5. The molecule has 1 aromatic heterocycles. The zero-order valence-electron chi connectivity index (χ0n) is 11.0. The zero-order valence-corrected chi connectivity index (χ0v) is 11.0. The first-order chi connectivity index (χ1) is 8.32. The fraction of sp³-hybridized carbons (Fsp3) is 0.636. The summed E-state index contributed by atoms with van der Waals surface area (Å²) in [5, 5.41) is 10.5. The lowest BCUT2D eigenvalue weighted by Crippen LogP contribution is -2.43. The number of carbonyl (C=O) groups is 1. The van der Waals surface area contributed by atoms with Crippen LogP contribution in [0.25, 0.3) is 0 Å². The quantitative estimate of drug-likeness (QED) is 0.588. The Hall–Kier alpha value is -1.92. The van der Waals surface area contributed by atoms with E-state index in [4.69, 9.17) is 0 Å². The van der Waals surface area contributed by atoms with Gasteiger partial charge in [-0.2, -0.15) is 0 Å². The number of amides is 1. The van der Waals surface area contributed by atoms with E-state index in [0.717, 1.165) is 0 Å². The molecule has 0 N–H and O–H groups in total. The second-order valence-corrected chi connectivity index (χ2v) is 4.65. The standard InChI is InChI=1S/C11H18N4O3/c1-8(2)14(9(3)4)11(16)6-13-5-10(12-7-13)15(17)18/h5,7-9H,6H2,1-4H3. The van der Waals surface area contributed by atoms with E-state index in [1.54, 1.807) is 4.90 Å². The van der Waals surface area contributed by atoms with Gasteiger partial charge in [0.2, 0.25) is 12.2 Å². The van der Waals surface area contributed by atoms with Crippen molar-refractivity contribution >= 4 is 11.7 Å². The van der Waals surface area contributed by atoms with Gasteiger partial charge in [-0.25, -0.2) is 0 Å². The van der Waals surface area contributed by atoms with Gasteiger partial charge >= 0.3 is 5.82 Å². The molecule has 0 aliphatic carbocycles. The minimum atomic E-state index is -0.580. The first-order valence-electron chi connectivity index (χ1n) is 5.80. The number of nitrogens with zero attached hydrogens (tertiary/aromatic N) is 4. The summed E-state index contributed by atoms with van der Waals surface area (Å²) in [5.74, 6) is -0.323. The Morgan fingerprint density at radius 1 is 1.44 bits per heavy atom. The molecule has 7 nitrogen and oxygen atoms in total. The lowest BCUT2D eigenvalue weighted by atomic mass is 10.2. The first kappa shape index (κ1) is 14.1. The number of aromatic nitrogens is 2. The Morgan fingerprint density at radius 3 is 2.39 bits per heavy atom. The lowest BCUT2D eigenvalue weighted by molar-refractivity contribution is -0.389. The molecule has 0 spiro atoms. The summed E-state index contributed by atoms with van der Waals surface area (Å²) in [5.41, 5.74) is 0. The van der Waals surface area contributed by atoms with Gasteiger partial charge in [-0.3, -0.25) is 4.79 Å². The summed E-state index contributed by atoms with van der Waals surface area (Å²) in [6, 6.07) is 0.187. The minimum absolute atomic E-state index is 0.0667. The molecule has 0 aliphatic heterocycles. The Labute approximate surface area is 106 Å². The van der Waals surface area contributed by atoms with Gasteiger partial charge < -0.3 is 19.6 Å². The highest BCUT2D eigenvalue weighted by atomic mass is 16.6. The predicted octanol–water partition coefficient (Wildman–Crippen LogP) is 1.44. The van der Waals surface area contributed by atoms with E-state index in [2.05, 4.69) is 4.98 Å². The molecule has 0 atom stereocenters. The van der Waals surface area contributed by atoms with Crippen LogP contribution in [-0.4, -0.2) is 37.4 Å². The molecular weight excluding hydrogens is 236 g/mol. The van der Waals surface area contributed by atoms with E-state index in [1.807, 2.05) is 27.7 Å². The van der Waals surface area contributed by atoms with Crippen LogP contribution in [0.1, 0.15) is 27.7 Å². The Balaban J connectivity index is 2.76. The van der Waals surface area contributed by atoms with Crippen LogP contribution in [0.4, 0.5) is 5.82 Å². The second-order valence-electron chi connectivity index (χ2n) is 4.65. The van der Waals surface area contributed by atoms with Crippen molar-refractivity contribution in [1.82, 2.24) is 14.5 Å². The molecule has 1 heterocycles. The van der Waals surface area contributed by atoms with Gasteiger partial charge in [0.05, 0.1) is 0 Å². The lowest BCUT2D eigenvalue weighted by Gasteiger charge is -2.30. The maximum atomic E-state index is 12.1. The van der Waals surface area contributed by atoms with Gasteiger partial charge in [0.1, 0.15) is 12.7 Å². The molecule has 18 heavy (non-hydrogen) atoms. The average molecular weight is 254 g/mol. The minimum Gasteiger partial charge on any atom is -0.358 e. The Bertz CT molecular complexity index is 431. The van der Waals surface area contributed by atoms with E-state index in [9.17, 15) is 14.9 Å². The monoisotopic (exact) mass is 254 g/mol. The average Bonchev–Trinajstić information content (AvgIpc) is 2.64. The number of carbonyl (C=O) groups excluding carboxylic acids is 1. The summed E-state index contributed by atoms with van der Waals surface area (Å²) in [4.78, 5) is 27.3. The molecule has 0 unspecified atom stereocenters. The van der Waals surface area contributed by atoms with Crippen LogP contribution in [0.15, 0.2) is 12.5 Å². The van der Waals surface area contributed by atoms with Crippen LogP contribution < -0.4 is 0 Å². The number of nitro groups is 1. The highest BCUT2D eigenvalue weighted by Gasteiger charge is 2.21. The van der Waals surface area contributed by atoms with Crippen LogP contribution in [0.5, 0.6) is 0 Å². The SMILES string of the molecule is CC(C)N(C(=O)Cn1cnc([N+](=O)[O-])c1)C(C)C. The van der Waals surface area contributed by atoms with Crippen molar-refractivity contribution in [1.29, 1.82) is 0 Å². The van der Waals surface area contributed by atoms with Gasteiger partial charge in [0.25, 0.3) is 0 Å². The summed E-state index contributed by atoms with van der Waals surface area (Å²) >= 11 is 0. The maximum absolute atomic E-state index is 12.1. The first-order valence-corrected chi connectivity index (χ1v) is 5.80. The largest absolute Gasteiger partial charge is 0.381 e. The second kappa shape index (κ2) is 5.61. The van der Waals surface area contributed by atoms with Crippen LogP contribution >= 0.6 is 0 Å². The topological polar surface area (TPSA) is 81.3 Å². The van der Waals surface area contributed by atoms with Crippen LogP contribution in [0, 0.1) is 10.1 Å². The maximum Gasteiger partial charge on any atom is 0.381 e. The normalized spacial score (nSPS) is 11.0. The van der Waals surface area contributed by atoms with Gasteiger partial charge in [-0.1, -0.05) is 0 Å². The summed E-state index contributed by atoms with van der Waals surface area (Å²) in [6.07, 6.45) is 2.56. The van der Waals surface area contributed by atoms with Gasteiger partial charge in [0, 0.05) is 12.1 Å². The van der Waals surface area contributed by atoms with E-state index >= 15 is 0 Å². The molecule has 1 rings (SSSR count). The van der Waals surface area contributed by atoms with Crippen LogP contribution in [-0.2, 0) is 11.3 Å². The summed E-state index contributed by atoms with van der Waals surface area (Å²) < 4.78 is 1.43. The van der Waals surface area contributed by atoms with Crippen molar-refractivity contribution in [3.63, 3.8) is 0 Å². The van der Waals surface area contributed by atoms with Crippen molar-refractivity contribution in [2.24, 2.45) is 0 Å². The van der Waals surface area contributed by atoms with Gasteiger partial charge in [-0.05, 0) is 37.6 Å². The molecule has 0 bridgehead atoms. The van der Waals surface area contributed by atoms with E-state index < -0.39 is 4.92 Å². The number of hydrogen-bond donors (Lipinski definition) is 0. The van der Waals surface area contributed by atoms with Gasteiger partial charge in [0.15, 0.2) is 0 Å². The summed E-state index contributed by atoms with van der Waals surface area (Å²) in [6.45, 7) is 7.82. The van der Waals surface area contributed by atoms with Gasteiger partial charge in [-0.15, -0.1) is 0 Å². The zero-order chi connectivity index (χ0) is 13.9. The molecule has 0 saturated carbocycles. The smallest absolute Gasteiger partial charge is 0.358 e. The molecule has 1 amide bonds. The predicted molar refractivity (Wildman–Crippen MR) is 66.0 cm³/mol. The molecule has 7 heteroatoms. The van der Waals surface area contributed by atoms with E-state index in [0.29, 0.717) is 0 Å². The molecule has 0 aromatic carbocycles. The highest BCUT2D eigenvalue weighted by molar-refractivity contribution is 5.76. The number of imidazole rings is 1. The van der Waals surface area contributed by atoms with Crippen molar-refractivity contribution < 1.29 is 9.72 Å². The van der Waals surface area contributed by atoms with E-state index in [-0.39, 0.29) is 30.4 Å². The number of hydrogen-bond acceptors (Lipinski definition) is 4. The van der Waals surface area contributed by atoms with Crippen molar-refractivity contribution in [3.05, 3.63) is 22.6 Å². The molecule has 0 saturated heterocycles. The molecule has 0 fully saturated rings. The third-order valence-corrected chi connectivity index (χ3v) is 2.53. The molecular formula is C11H18N4O3. The van der Waals surface area contributed by atoms with E-state index in [1.165, 1.54) is 17.1 Å². The molecule has 0 radical (unpaired) electrons. The fourth-order valence-corrected chi connectivity index (χ4v) is 1.94. The highest BCUT2D eigenvalue weighted by Crippen LogP contribution is 2.09. The van der Waals surface area contributed by atoms with Crippen molar-refractivity contribution in [2.45, 2.75) is 46.3 Å². The molecule has 1 aromatic rings.